The Labute approximate surface area is 127 Å². The first-order valence-corrected chi connectivity index (χ1v) is 7.05. The number of alkyl halides is 2. The molecule has 124 valence electrons. The highest BCUT2D eigenvalue weighted by Gasteiger charge is 2.26. The Morgan fingerprint density at radius 3 is 2.55 bits per heavy atom. The van der Waals surface area contributed by atoms with Gasteiger partial charge >= 0.3 is 5.97 Å². The first-order valence-electron chi connectivity index (χ1n) is 7.05. The third-order valence-corrected chi connectivity index (χ3v) is 3.09. The third kappa shape index (κ3) is 4.78. The van der Waals surface area contributed by atoms with Gasteiger partial charge in [-0.1, -0.05) is 13.8 Å². The Morgan fingerprint density at radius 2 is 2.05 bits per heavy atom. The van der Waals surface area contributed by atoms with Crippen molar-refractivity contribution in [2.45, 2.75) is 39.7 Å². The lowest BCUT2D eigenvalue weighted by Gasteiger charge is -2.17. The van der Waals surface area contributed by atoms with Crippen molar-refractivity contribution < 1.29 is 23.5 Å². The number of halogens is 2. The van der Waals surface area contributed by atoms with Gasteiger partial charge in [-0.25, -0.2) is 8.78 Å². The molecule has 0 aliphatic carbocycles. The van der Waals surface area contributed by atoms with Crippen LogP contribution in [0.4, 0.5) is 8.78 Å². The van der Waals surface area contributed by atoms with Crippen LogP contribution in [0.2, 0.25) is 0 Å². The Bertz CT molecular complexity index is 529. The van der Waals surface area contributed by atoms with Crippen LogP contribution in [0, 0.1) is 5.92 Å². The van der Waals surface area contributed by atoms with Crippen LogP contribution in [0.3, 0.4) is 0 Å². The molecule has 6 nitrogen and oxygen atoms in total. The molecule has 1 amide bonds. The first kappa shape index (κ1) is 18.1. The number of amides is 1. The predicted octanol–water partition coefficient (Wildman–Crippen LogP) is 2.41. The van der Waals surface area contributed by atoms with Gasteiger partial charge in [0.2, 0.25) is 0 Å². The maximum Gasteiger partial charge on any atom is 0.303 e. The maximum absolute atomic E-state index is 13.2. The fourth-order valence-electron chi connectivity index (χ4n) is 2.06. The van der Waals surface area contributed by atoms with Crippen molar-refractivity contribution in [2.24, 2.45) is 5.92 Å². The molecule has 8 heteroatoms. The molecule has 0 fully saturated rings. The lowest BCUT2D eigenvalue weighted by atomic mass is 10.2. The molecule has 0 aliphatic rings. The third-order valence-electron chi connectivity index (χ3n) is 3.09. The molecule has 0 spiro atoms. The summed E-state index contributed by atoms with van der Waals surface area (Å²) in [4.78, 5) is 23.9. The second-order valence-corrected chi connectivity index (χ2v) is 5.54. The van der Waals surface area contributed by atoms with Crippen LogP contribution < -0.4 is 0 Å². The van der Waals surface area contributed by atoms with Gasteiger partial charge in [-0.3, -0.25) is 14.3 Å². The molecular weight excluding hydrogens is 296 g/mol. The van der Waals surface area contributed by atoms with Gasteiger partial charge in [-0.15, -0.1) is 0 Å². The molecule has 0 radical (unpaired) electrons. The predicted molar refractivity (Wildman–Crippen MR) is 75.9 cm³/mol. The van der Waals surface area contributed by atoms with Crippen molar-refractivity contribution >= 4 is 11.9 Å². The fourth-order valence-corrected chi connectivity index (χ4v) is 2.06. The molecule has 1 N–H and O–H groups in total. The lowest BCUT2D eigenvalue weighted by Crippen LogP contribution is -2.29. The van der Waals surface area contributed by atoms with Crippen LogP contribution in [0.5, 0.6) is 0 Å². The van der Waals surface area contributed by atoms with Gasteiger partial charge in [-0.2, -0.15) is 5.10 Å². The van der Waals surface area contributed by atoms with Crippen molar-refractivity contribution in [3.05, 3.63) is 17.5 Å². The summed E-state index contributed by atoms with van der Waals surface area (Å²) in [6.45, 7) is 4.23. The van der Waals surface area contributed by atoms with Gasteiger partial charge < -0.3 is 10.0 Å². The second kappa shape index (κ2) is 7.86. The van der Waals surface area contributed by atoms with Gasteiger partial charge in [-0.05, 0) is 12.3 Å². The molecule has 1 aromatic rings. The molecule has 22 heavy (non-hydrogen) atoms. The van der Waals surface area contributed by atoms with Crippen molar-refractivity contribution in [1.29, 1.82) is 0 Å². The first-order chi connectivity index (χ1) is 10.2. The minimum Gasteiger partial charge on any atom is -0.481 e. The van der Waals surface area contributed by atoms with Crippen molar-refractivity contribution in [1.82, 2.24) is 14.7 Å². The van der Waals surface area contributed by atoms with E-state index in [-0.39, 0.29) is 36.6 Å². The summed E-state index contributed by atoms with van der Waals surface area (Å²) in [5, 5.41) is 12.5. The van der Waals surface area contributed by atoms with E-state index >= 15 is 0 Å². The number of carboxylic acid groups (broad SMARTS) is 1. The zero-order chi connectivity index (χ0) is 16.9. The summed E-state index contributed by atoms with van der Waals surface area (Å²) >= 11 is 0. The van der Waals surface area contributed by atoms with E-state index in [1.807, 2.05) is 13.8 Å². The highest BCUT2D eigenvalue weighted by Crippen LogP contribution is 2.24. The summed E-state index contributed by atoms with van der Waals surface area (Å²) in [7, 11) is 1.46. The molecule has 1 rings (SSSR count). The normalized spacial score (nSPS) is 11.2. The number of rotatable bonds is 8. The number of aliphatic carboxylic acids is 1. The molecule has 1 heterocycles. The van der Waals surface area contributed by atoms with Crippen LogP contribution in [-0.4, -0.2) is 45.3 Å². The summed E-state index contributed by atoms with van der Waals surface area (Å²) in [6.07, 6.45) is -1.46. The number of aromatic nitrogens is 2. The maximum atomic E-state index is 13.2. The number of hydrogen-bond donors (Lipinski definition) is 1. The molecule has 1 aromatic heterocycles. The van der Waals surface area contributed by atoms with E-state index in [0.717, 1.165) is 10.9 Å². The molecule has 0 aromatic carbocycles. The van der Waals surface area contributed by atoms with E-state index in [4.69, 9.17) is 5.11 Å². The van der Waals surface area contributed by atoms with Crippen LogP contribution in [0.1, 0.15) is 49.2 Å². The summed E-state index contributed by atoms with van der Waals surface area (Å²) in [5.74, 6) is -1.41. The SMILES string of the molecule is CC(C)Cn1ncc(C(=O)N(C)CCCC(=O)O)c1C(F)F. The quantitative estimate of drug-likeness (QED) is 0.799. The van der Waals surface area contributed by atoms with Gasteiger partial charge in [0.25, 0.3) is 12.3 Å². The smallest absolute Gasteiger partial charge is 0.303 e. The minimum atomic E-state index is -2.80. The number of hydrogen-bond acceptors (Lipinski definition) is 3. The number of nitrogens with zero attached hydrogens (tertiary/aromatic N) is 3. The van der Waals surface area contributed by atoms with Gasteiger partial charge in [0.15, 0.2) is 0 Å². The van der Waals surface area contributed by atoms with Crippen molar-refractivity contribution in [3.63, 3.8) is 0 Å². The molecule has 0 saturated heterocycles. The summed E-state index contributed by atoms with van der Waals surface area (Å²) in [5.41, 5.74) is -0.516. The Morgan fingerprint density at radius 1 is 1.41 bits per heavy atom. The van der Waals surface area contributed by atoms with Crippen LogP contribution >= 0.6 is 0 Å². The van der Waals surface area contributed by atoms with E-state index in [9.17, 15) is 18.4 Å². The van der Waals surface area contributed by atoms with Crippen LogP contribution in [0.25, 0.3) is 0 Å². The highest BCUT2D eigenvalue weighted by atomic mass is 19.3. The largest absolute Gasteiger partial charge is 0.481 e. The number of carbonyl (C=O) groups excluding carboxylic acids is 1. The molecule has 0 bridgehead atoms. The molecule has 0 unspecified atom stereocenters. The minimum absolute atomic E-state index is 0.0774. The standard InChI is InChI=1S/C14H21F2N3O3/c1-9(2)8-19-12(13(15)16)10(7-17-19)14(22)18(3)6-4-5-11(20)21/h7,9,13H,4-6,8H2,1-3H3,(H,20,21). The highest BCUT2D eigenvalue weighted by molar-refractivity contribution is 5.95. The van der Waals surface area contributed by atoms with Crippen LogP contribution in [-0.2, 0) is 11.3 Å². The number of carbonyl (C=O) groups is 2. The Balaban J connectivity index is 2.88. The molecular formula is C14H21F2N3O3. The molecule has 0 aliphatic heterocycles. The van der Waals surface area contributed by atoms with Gasteiger partial charge in [0.1, 0.15) is 5.69 Å². The fraction of sp³-hybridized carbons (Fsp3) is 0.643. The average molecular weight is 317 g/mol. The second-order valence-electron chi connectivity index (χ2n) is 5.54. The lowest BCUT2D eigenvalue weighted by molar-refractivity contribution is -0.137. The van der Waals surface area contributed by atoms with Gasteiger partial charge in [0, 0.05) is 26.6 Å². The van der Waals surface area contributed by atoms with E-state index < -0.39 is 18.3 Å². The number of carboxylic acids is 1. The zero-order valence-electron chi connectivity index (χ0n) is 12.9. The van der Waals surface area contributed by atoms with Crippen LogP contribution in [0.15, 0.2) is 6.20 Å². The van der Waals surface area contributed by atoms with Crippen molar-refractivity contribution in [3.8, 4) is 0 Å². The van der Waals surface area contributed by atoms with Gasteiger partial charge in [0.05, 0.1) is 11.8 Å². The van der Waals surface area contributed by atoms with E-state index in [1.54, 1.807) is 0 Å². The Kier molecular flexibility index (Phi) is 6.45. The summed E-state index contributed by atoms with van der Waals surface area (Å²) in [6, 6.07) is 0. The van der Waals surface area contributed by atoms with Crippen molar-refractivity contribution in [2.75, 3.05) is 13.6 Å². The van der Waals surface area contributed by atoms with E-state index in [1.165, 1.54) is 11.9 Å². The topological polar surface area (TPSA) is 75.4 Å². The zero-order valence-corrected chi connectivity index (χ0v) is 12.9. The molecule has 0 atom stereocenters. The summed E-state index contributed by atoms with van der Waals surface area (Å²) < 4.78 is 27.6. The monoisotopic (exact) mass is 317 g/mol. The van der Waals surface area contributed by atoms with E-state index in [0.29, 0.717) is 6.54 Å². The van der Waals surface area contributed by atoms with E-state index in [2.05, 4.69) is 5.10 Å². The molecule has 0 saturated carbocycles. The average Bonchev–Trinajstić information content (AvgIpc) is 2.80. The Hall–Kier alpha value is -1.99.